The highest BCUT2D eigenvalue weighted by Crippen LogP contribution is 2.16. The second kappa shape index (κ2) is 34.7. The Bertz CT molecular complexity index is 1870. The number of H-pyrrole nitrogens is 1. The number of benzene rings is 1. The lowest BCUT2D eigenvalue weighted by molar-refractivity contribution is -0.136. The van der Waals surface area contributed by atoms with E-state index in [1.807, 2.05) is 41.5 Å². The first-order chi connectivity index (χ1) is 33.9. The summed E-state index contributed by atoms with van der Waals surface area (Å²) in [5.74, 6) is -4.43. The van der Waals surface area contributed by atoms with Gasteiger partial charge in [0.1, 0.15) is 42.0 Å². The number of nitrogens with zero attached hydrogens (tertiary/aromatic N) is 1. The number of carbonyl (C=O) groups is 7. The number of aliphatic hydroxyl groups is 1. The highest BCUT2D eigenvalue weighted by atomic mass is 16.3. The molecule has 0 unspecified atom stereocenters. The molecule has 0 spiro atoms. The van der Waals surface area contributed by atoms with Crippen molar-refractivity contribution in [3.8, 4) is 5.75 Å². The standard InChI is InChI=1S/C53H89N9O9/c1-9-10-11-12-13-14-15-16-17-18-19-20-21-22-47(65)57-42(28-36(4)5)49(67)60-44(30-38-23-25-40(64)26-24-38)51(69)59-43(29-37(6)7)50(68)61-45(31-39-32-55-34-56-39)52(70)62-46(33-63)53(71)58-41(27-35(2)3)48(66)54-8/h23-26,32,34-37,41-46,63-64H,9-22,27-31,33H2,1-8H3,(H,54,66)(H,55,56)(H,57,65)(H,58,71)(H,59,69)(H,60,67)(H,61,68)(H,62,70)/t41-,42-,43-,44-,45-,46-/m0/s1. The van der Waals surface area contributed by atoms with Crippen LogP contribution in [0.15, 0.2) is 36.8 Å². The van der Waals surface area contributed by atoms with Gasteiger partial charge in [-0.2, -0.15) is 0 Å². The molecule has 0 aliphatic carbocycles. The van der Waals surface area contributed by atoms with Gasteiger partial charge < -0.3 is 52.4 Å². The molecule has 1 aromatic carbocycles. The number of phenolic OH excluding ortho intramolecular Hbond substituents is 1. The van der Waals surface area contributed by atoms with Crippen LogP contribution in [0.5, 0.6) is 5.75 Å². The summed E-state index contributed by atoms with van der Waals surface area (Å²) in [6, 6.07) is -1.01. The van der Waals surface area contributed by atoms with Crippen LogP contribution in [0.2, 0.25) is 0 Å². The number of aromatic amines is 1. The third-order valence-corrected chi connectivity index (χ3v) is 12.2. The predicted octanol–water partition coefficient (Wildman–Crippen LogP) is 5.17. The molecule has 0 bridgehead atoms. The number of imidazole rings is 1. The summed E-state index contributed by atoms with van der Waals surface area (Å²) in [5, 5.41) is 39.1. The van der Waals surface area contributed by atoms with Gasteiger partial charge in [0.05, 0.1) is 18.6 Å². The zero-order valence-corrected chi connectivity index (χ0v) is 44.0. The number of aromatic nitrogens is 2. The number of unbranched alkanes of at least 4 members (excludes halogenated alkanes) is 12. The Balaban J connectivity index is 2.23. The molecule has 0 aliphatic rings. The average molecular weight is 996 g/mol. The Morgan fingerprint density at radius 1 is 0.521 bits per heavy atom. The summed E-state index contributed by atoms with van der Waals surface area (Å²) in [7, 11) is 1.43. The Hall–Kier alpha value is -5.52. The van der Waals surface area contributed by atoms with E-state index in [-0.39, 0.29) is 55.1 Å². The smallest absolute Gasteiger partial charge is 0.245 e. The van der Waals surface area contributed by atoms with E-state index < -0.39 is 78.3 Å². The van der Waals surface area contributed by atoms with Crippen LogP contribution in [0.1, 0.15) is 169 Å². The van der Waals surface area contributed by atoms with Crippen molar-refractivity contribution in [3.63, 3.8) is 0 Å². The number of hydrogen-bond acceptors (Lipinski definition) is 10. The summed E-state index contributed by atoms with van der Waals surface area (Å²) >= 11 is 0. The van der Waals surface area contributed by atoms with Gasteiger partial charge in [-0.15, -0.1) is 0 Å². The first kappa shape index (κ1) is 61.6. The first-order valence-electron chi connectivity index (χ1n) is 26.3. The Morgan fingerprint density at radius 2 is 0.915 bits per heavy atom. The van der Waals surface area contributed by atoms with Crippen molar-refractivity contribution < 1.29 is 43.8 Å². The van der Waals surface area contributed by atoms with E-state index in [1.165, 1.54) is 89.5 Å². The highest BCUT2D eigenvalue weighted by molar-refractivity contribution is 5.97. The number of phenols is 1. The molecule has 18 heteroatoms. The van der Waals surface area contributed by atoms with Crippen LogP contribution in [0.4, 0.5) is 0 Å². The molecule has 1 heterocycles. The summed E-state index contributed by atoms with van der Waals surface area (Å²) in [5.41, 5.74) is 0.990. The molecule has 71 heavy (non-hydrogen) atoms. The van der Waals surface area contributed by atoms with E-state index in [2.05, 4.69) is 54.1 Å². The highest BCUT2D eigenvalue weighted by Gasteiger charge is 2.34. The van der Waals surface area contributed by atoms with Gasteiger partial charge in [-0.3, -0.25) is 33.6 Å². The predicted molar refractivity (Wildman–Crippen MR) is 276 cm³/mol. The monoisotopic (exact) mass is 996 g/mol. The molecule has 0 radical (unpaired) electrons. The number of carbonyl (C=O) groups excluding carboxylic acids is 7. The van der Waals surface area contributed by atoms with Crippen molar-refractivity contribution in [1.29, 1.82) is 0 Å². The topological polar surface area (TPSA) is 273 Å². The molecule has 0 fully saturated rings. The van der Waals surface area contributed by atoms with E-state index in [1.54, 1.807) is 12.1 Å². The van der Waals surface area contributed by atoms with Gasteiger partial charge in [0.25, 0.3) is 0 Å². The third kappa shape index (κ3) is 26.0. The van der Waals surface area contributed by atoms with Crippen LogP contribution in [-0.4, -0.2) is 111 Å². The SMILES string of the molecule is CCCCCCCCCCCCCCCC(=O)N[C@@H](CC(C)C)C(=O)N[C@@H](Cc1ccc(O)cc1)C(=O)N[C@@H](CC(C)C)C(=O)N[C@@H](Cc1c[nH]cn1)C(=O)N[C@@H](CO)C(=O)N[C@@H](CC(C)C)C(=O)NC. The Labute approximate surface area is 423 Å². The van der Waals surface area contributed by atoms with Crippen LogP contribution >= 0.6 is 0 Å². The number of rotatable bonds is 37. The van der Waals surface area contributed by atoms with E-state index >= 15 is 0 Å². The largest absolute Gasteiger partial charge is 0.508 e. The van der Waals surface area contributed by atoms with E-state index in [4.69, 9.17) is 0 Å². The number of aromatic hydroxyl groups is 1. The lowest BCUT2D eigenvalue weighted by atomic mass is 9.99. The molecule has 1 aromatic heterocycles. The molecule has 400 valence electrons. The van der Waals surface area contributed by atoms with Crippen molar-refractivity contribution in [2.24, 2.45) is 17.8 Å². The minimum atomic E-state index is -1.49. The van der Waals surface area contributed by atoms with Crippen LogP contribution in [0.25, 0.3) is 0 Å². The molecule has 10 N–H and O–H groups in total. The fourth-order valence-corrected chi connectivity index (χ4v) is 8.31. The number of amides is 7. The normalized spacial score (nSPS) is 13.9. The minimum absolute atomic E-state index is 0.00856. The Kier molecular flexibility index (Phi) is 30.1. The third-order valence-electron chi connectivity index (χ3n) is 12.2. The fraction of sp³-hybridized carbons (Fsp3) is 0.698. The second-order valence-corrected chi connectivity index (χ2v) is 20.2. The van der Waals surface area contributed by atoms with E-state index in [0.717, 1.165) is 19.3 Å². The van der Waals surface area contributed by atoms with Gasteiger partial charge in [0, 0.05) is 32.5 Å². The molecule has 6 atom stereocenters. The molecule has 0 saturated carbocycles. The quantitative estimate of drug-likeness (QED) is 0.0397. The molecule has 18 nitrogen and oxygen atoms in total. The van der Waals surface area contributed by atoms with E-state index in [9.17, 15) is 43.8 Å². The van der Waals surface area contributed by atoms with Crippen LogP contribution in [0, 0.1) is 17.8 Å². The van der Waals surface area contributed by atoms with Crippen molar-refractivity contribution in [2.45, 2.75) is 207 Å². The van der Waals surface area contributed by atoms with Crippen molar-refractivity contribution in [3.05, 3.63) is 48.0 Å². The van der Waals surface area contributed by atoms with Crippen molar-refractivity contribution in [2.75, 3.05) is 13.7 Å². The van der Waals surface area contributed by atoms with Crippen molar-refractivity contribution >= 4 is 41.4 Å². The van der Waals surface area contributed by atoms with Crippen LogP contribution in [-0.2, 0) is 46.4 Å². The van der Waals surface area contributed by atoms with Crippen molar-refractivity contribution in [1.82, 2.24) is 47.2 Å². The van der Waals surface area contributed by atoms with Crippen LogP contribution in [0.3, 0.4) is 0 Å². The number of aliphatic hydroxyl groups excluding tert-OH is 1. The molecule has 0 aliphatic heterocycles. The maximum atomic E-state index is 14.4. The van der Waals surface area contributed by atoms with Gasteiger partial charge in [0.15, 0.2) is 0 Å². The summed E-state index contributed by atoms with van der Waals surface area (Å²) in [6.45, 7) is 12.7. The minimum Gasteiger partial charge on any atom is -0.508 e. The molecular weight excluding hydrogens is 907 g/mol. The summed E-state index contributed by atoms with van der Waals surface area (Å²) in [4.78, 5) is 103. The van der Waals surface area contributed by atoms with Gasteiger partial charge in [-0.25, -0.2) is 4.98 Å². The second-order valence-electron chi connectivity index (χ2n) is 20.2. The number of hydrogen-bond donors (Lipinski definition) is 10. The molecule has 0 saturated heterocycles. The summed E-state index contributed by atoms with van der Waals surface area (Å²) < 4.78 is 0. The maximum absolute atomic E-state index is 14.4. The van der Waals surface area contributed by atoms with E-state index in [0.29, 0.717) is 30.5 Å². The molecule has 7 amide bonds. The van der Waals surface area contributed by atoms with Gasteiger partial charge >= 0.3 is 0 Å². The average Bonchev–Trinajstić information content (AvgIpc) is 3.84. The van der Waals surface area contributed by atoms with Gasteiger partial charge in [-0.05, 0) is 61.1 Å². The molecule has 2 rings (SSSR count). The zero-order valence-electron chi connectivity index (χ0n) is 44.0. The molecular formula is C53H89N9O9. The van der Waals surface area contributed by atoms with Gasteiger partial charge in [-0.1, -0.05) is 138 Å². The fourth-order valence-electron chi connectivity index (χ4n) is 8.31. The lowest BCUT2D eigenvalue weighted by Gasteiger charge is -2.28. The zero-order chi connectivity index (χ0) is 52.7. The molecule has 2 aromatic rings. The number of nitrogens with one attached hydrogen (secondary N) is 8. The maximum Gasteiger partial charge on any atom is 0.245 e. The van der Waals surface area contributed by atoms with Crippen LogP contribution < -0.4 is 37.2 Å². The number of likely N-dealkylation sites (N-methyl/N-ethyl adjacent to an activating group) is 1. The first-order valence-corrected chi connectivity index (χ1v) is 26.3. The lowest BCUT2D eigenvalue weighted by Crippen LogP contribution is -2.61. The van der Waals surface area contributed by atoms with Gasteiger partial charge in [0.2, 0.25) is 41.4 Å². The Morgan fingerprint density at radius 3 is 1.35 bits per heavy atom. The summed E-state index contributed by atoms with van der Waals surface area (Å²) in [6.07, 6.45) is 19.1.